The topological polar surface area (TPSA) is 45.9 Å². The molecule has 0 amide bonds. The molecule has 1 aromatic rings. The monoisotopic (exact) mass is 148 g/mol. The highest BCUT2D eigenvalue weighted by molar-refractivity contribution is 5.32. The van der Waals surface area contributed by atoms with E-state index in [1.807, 2.05) is 13.0 Å². The first-order valence-corrected chi connectivity index (χ1v) is 3.34. The number of ether oxygens (including phenoxy) is 1. The molecule has 0 atom stereocenters. The lowest BCUT2D eigenvalue weighted by Gasteiger charge is -2.00. The lowest BCUT2D eigenvalue weighted by atomic mass is 10.3. The van der Waals surface area contributed by atoms with Crippen molar-refractivity contribution in [2.45, 2.75) is 6.92 Å². The fourth-order valence-corrected chi connectivity index (χ4v) is 0.726. The molecule has 0 aromatic carbocycles. The van der Waals surface area contributed by atoms with E-state index >= 15 is 0 Å². The largest absolute Gasteiger partial charge is 0.492 e. The van der Waals surface area contributed by atoms with Gasteiger partial charge >= 0.3 is 0 Å². The molecule has 0 spiro atoms. The molecule has 0 N–H and O–H groups in total. The SMILES string of the molecule is CCOc1cncc(C#N)c1. The van der Waals surface area contributed by atoms with Gasteiger partial charge in [-0.2, -0.15) is 5.26 Å². The molecule has 0 saturated heterocycles. The van der Waals surface area contributed by atoms with Gasteiger partial charge in [-0.3, -0.25) is 4.98 Å². The standard InChI is InChI=1S/C8H8N2O/c1-2-11-8-3-7(4-9)5-10-6-8/h3,5-6H,2H2,1H3. The summed E-state index contributed by atoms with van der Waals surface area (Å²) in [7, 11) is 0. The van der Waals surface area contributed by atoms with E-state index in [9.17, 15) is 0 Å². The van der Waals surface area contributed by atoms with Crippen LogP contribution in [-0.2, 0) is 0 Å². The maximum absolute atomic E-state index is 8.48. The predicted molar refractivity (Wildman–Crippen MR) is 40.1 cm³/mol. The molecule has 0 bridgehead atoms. The van der Waals surface area contributed by atoms with Gasteiger partial charge in [0, 0.05) is 12.3 Å². The second kappa shape index (κ2) is 3.57. The molecular weight excluding hydrogens is 140 g/mol. The van der Waals surface area contributed by atoms with E-state index in [0.717, 1.165) is 0 Å². The third-order valence-electron chi connectivity index (χ3n) is 1.15. The Balaban J connectivity index is 2.85. The van der Waals surface area contributed by atoms with Crippen LogP contribution in [0.15, 0.2) is 18.5 Å². The number of hydrogen-bond donors (Lipinski definition) is 0. The summed E-state index contributed by atoms with van der Waals surface area (Å²) in [6, 6.07) is 3.65. The minimum atomic E-state index is 0.524. The Morgan fingerprint density at radius 2 is 2.45 bits per heavy atom. The number of rotatable bonds is 2. The van der Waals surface area contributed by atoms with Crippen LogP contribution in [0.2, 0.25) is 0 Å². The zero-order chi connectivity index (χ0) is 8.10. The average molecular weight is 148 g/mol. The summed E-state index contributed by atoms with van der Waals surface area (Å²) in [6.07, 6.45) is 3.09. The van der Waals surface area contributed by atoms with Crippen molar-refractivity contribution in [1.82, 2.24) is 4.98 Å². The Bertz CT molecular complexity index is 278. The minimum Gasteiger partial charge on any atom is -0.492 e. The van der Waals surface area contributed by atoms with Crippen LogP contribution >= 0.6 is 0 Å². The molecule has 1 rings (SSSR count). The van der Waals surface area contributed by atoms with Crippen molar-refractivity contribution >= 4 is 0 Å². The molecule has 1 heterocycles. The predicted octanol–water partition coefficient (Wildman–Crippen LogP) is 1.35. The van der Waals surface area contributed by atoms with Crippen molar-refractivity contribution in [1.29, 1.82) is 5.26 Å². The smallest absolute Gasteiger partial charge is 0.138 e. The number of nitrogens with zero attached hydrogens (tertiary/aromatic N) is 2. The Labute approximate surface area is 65.3 Å². The Hall–Kier alpha value is -1.56. The molecule has 0 saturated carbocycles. The highest BCUT2D eigenvalue weighted by Crippen LogP contribution is 2.09. The molecule has 0 aliphatic heterocycles. The molecule has 1 aromatic heterocycles. The van der Waals surface area contributed by atoms with Crippen molar-refractivity contribution < 1.29 is 4.74 Å². The molecule has 0 unspecified atom stereocenters. The Kier molecular flexibility index (Phi) is 2.45. The van der Waals surface area contributed by atoms with Gasteiger partial charge in [0.1, 0.15) is 11.8 Å². The van der Waals surface area contributed by atoms with Crippen molar-refractivity contribution in [3.8, 4) is 11.8 Å². The van der Waals surface area contributed by atoms with Gasteiger partial charge < -0.3 is 4.74 Å². The molecular formula is C8H8N2O. The van der Waals surface area contributed by atoms with E-state index in [1.165, 1.54) is 6.20 Å². The first kappa shape index (κ1) is 7.55. The van der Waals surface area contributed by atoms with E-state index in [2.05, 4.69) is 4.98 Å². The van der Waals surface area contributed by atoms with Crippen molar-refractivity contribution in [3.63, 3.8) is 0 Å². The van der Waals surface area contributed by atoms with E-state index < -0.39 is 0 Å². The van der Waals surface area contributed by atoms with Crippen LogP contribution in [0.3, 0.4) is 0 Å². The highest BCUT2D eigenvalue weighted by atomic mass is 16.5. The summed E-state index contributed by atoms with van der Waals surface area (Å²) >= 11 is 0. The lowest BCUT2D eigenvalue weighted by Crippen LogP contribution is -1.92. The minimum absolute atomic E-state index is 0.524. The quantitative estimate of drug-likeness (QED) is 0.636. The van der Waals surface area contributed by atoms with E-state index in [4.69, 9.17) is 10.00 Å². The number of pyridine rings is 1. The Morgan fingerprint density at radius 3 is 3.09 bits per heavy atom. The van der Waals surface area contributed by atoms with Gasteiger partial charge in [-0.15, -0.1) is 0 Å². The second-order valence-electron chi connectivity index (χ2n) is 1.95. The zero-order valence-corrected chi connectivity index (χ0v) is 6.24. The van der Waals surface area contributed by atoms with Crippen molar-refractivity contribution in [2.75, 3.05) is 6.61 Å². The summed E-state index contributed by atoms with van der Waals surface area (Å²) in [6.45, 7) is 2.48. The van der Waals surface area contributed by atoms with Gasteiger partial charge in [-0.1, -0.05) is 0 Å². The van der Waals surface area contributed by atoms with Gasteiger partial charge in [0.05, 0.1) is 18.4 Å². The van der Waals surface area contributed by atoms with Crippen LogP contribution in [0, 0.1) is 11.3 Å². The van der Waals surface area contributed by atoms with Gasteiger partial charge in [0.2, 0.25) is 0 Å². The maximum atomic E-state index is 8.48. The summed E-state index contributed by atoms with van der Waals surface area (Å²) < 4.78 is 5.13. The van der Waals surface area contributed by atoms with Gasteiger partial charge in [0.15, 0.2) is 0 Å². The van der Waals surface area contributed by atoms with E-state index in [-0.39, 0.29) is 0 Å². The summed E-state index contributed by atoms with van der Waals surface area (Å²) in [5.41, 5.74) is 0.524. The van der Waals surface area contributed by atoms with Crippen LogP contribution in [0.5, 0.6) is 5.75 Å². The second-order valence-corrected chi connectivity index (χ2v) is 1.95. The Morgan fingerprint density at radius 1 is 1.64 bits per heavy atom. The molecule has 0 aliphatic rings. The van der Waals surface area contributed by atoms with Crippen LogP contribution in [0.25, 0.3) is 0 Å². The van der Waals surface area contributed by atoms with Crippen LogP contribution < -0.4 is 4.74 Å². The third-order valence-corrected chi connectivity index (χ3v) is 1.15. The number of hydrogen-bond acceptors (Lipinski definition) is 3. The number of nitriles is 1. The molecule has 11 heavy (non-hydrogen) atoms. The normalized spacial score (nSPS) is 8.73. The van der Waals surface area contributed by atoms with Gasteiger partial charge in [-0.05, 0) is 6.92 Å². The van der Waals surface area contributed by atoms with Gasteiger partial charge in [-0.25, -0.2) is 0 Å². The van der Waals surface area contributed by atoms with E-state index in [0.29, 0.717) is 17.9 Å². The highest BCUT2D eigenvalue weighted by Gasteiger charge is 1.93. The molecule has 0 fully saturated rings. The van der Waals surface area contributed by atoms with Crippen molar-refractivity contribution in [3.05, 3.63) is 24.0 Å². The average Bonchev–Trinajstić information content (AvgIpc) is 2.06. The summed E-state index contributed by atoms with van der Waals surface area (Å²) in [5.74, 6) is 0.645. The van der Waals surface area contributed by atoms with Crippen LogP contribution in [0.4, 0.5) is 0 Å². The lowest BCUT2D eigenvalue weighted by molar-refractivity contribution is 0.339. The van der Waals surface area contributed by atoms with Crippen LogP contribution in [-0.4, -0.2) is 11.6 Å². The van der Waals surface area contributed by atoms with Gasteiger partial charge in [0.25, 0.3) is 0 Å². The van der Waals surface area contributed by atoms with E-state index in [1.54, 1.807) is 12.3 Å². The van der Waals surface area contributed by atoms with Crippen molar-refractivity contribution in [2.24, 2.45) is 0 Å². The molecule has 0 radical (unpaired) electrons. The number of aromatic nitrogens is 1. The molecule has 0 aliphatic carbocycles. The molecule has 3 nitrogen and oxygen atoms in total. The fourth-order valence-electron chi connectivity index (χ4n) is 0.726. The zero-order valence-electron chi connectivity index (χ0n) is 6.24. The first-order valence-electron chi connectivity index (χ1n) is 3.34. The first-order chi connectivity index (χ1) is 5.36. The summed E-state index contributed by atoms with van der Waals surface area (Å²) in [4.78, 5) is 3.83. The fraction of sp³-hybridized carbons (Fsp3) is 0.250. The van der Waals surface area contributed by atoms with Crippen LogP contribution in [0.1, 0.15) is 12.5 Å². The molecule has 56 valence electrons. The third kappa shape index (κ3) is 1.94. The molecule has 3 heteroatoms. The maximum Gasteiger partial charge on any atom is 0.138 e. The summed E-state index contributed by atoms with van der Waals surface area (Å²) in [5, 5.41) is 8.48.